The summed E-state index contributed by atoms with van der Waals surface area (Å²) in [6, 6.07) is 15.6. The standard InChI is InChI=1S/C38H52N2O3.BrH/c1-5-6-7-8-9-10-11-12-13-14-15-18-24-43-38-33(21-19-22-35(38)32(4)41)26-37(42)39-36-23-17-16-20-34(36)29-40-27-30(2)25-31(3)28-40;/h16-17,19-23,25,27-28H,5-15,18,24,26,29H2,1-4H3;1H. The van der Waals surface area contributed by atoms with Crippen molar-refractivity contribution >= 4 is 17.4 Å². The maximum absolute atomic E-state index is 13.3. The van der Waals surface area contributed by atoms with Crippen LogP contribution in [0.3, 0.4) is 0 Å². The van der Waals surface area contributed by atoms with E-state index in [9.17, 15) is 9.59 Å². The van der Waals surface area contributed by atoms with E-state index in [1.54, 1.807) is 13.0 Å². The second kappa shape index (κ2) is 20.9. The number of carbonyl (C=O) groups is 2. The fourth-order valence-electron chi connectivity index (χ4n) is 5.72. The molecule has 2 aromatic carbocycles. The third-order valence-electron chi connectivity index (χ3n) is 7.91. The number of nitrogens with one attached hydrogen (secondary N) is 1. The molecule has 0 spiro atoms. The van der Waals surface area contributed by atoms with Gasteiger partial charge in [-0.3, -0.25) is 9.59 Å². The van der Waals surface area contributed by atoms with Crippen LogP contribution in [0.1, 0.15) is 124 Å². The van der Waals surface area contributed by atoms with Crippen molar-refractivity contribution in [3.8, 4) is 5.75 Å². The summed E-state index contributed by atoms with van der Waals surface area (Å²) in [5.74, 6) is 0.365. The molecule has 0 aliphatic rings. The highest BCUT2D eigenvalue weighted by molar-refractivity contribution is 5.98. The van der Waals surface area contributed by atoms with Crippen molar-refractivity contribution in [3.63, 3.8) is 0 Å². The summed E-state index contributed by atoms with van der Waals surface area (Å²) in [5.41, 5.74) is 5.50. The molecule has 1 N–H and O–H groups in total. The van der Waals surface area contributed by atoms with Gasteiger partial charge in [-0.25, -0.2) is 4.57 Å². The summed E-state index contributed by atoms with van der Waals surface area (Å²) in [4.78, 5) is 25.7. The molecule has 240 valence electrons. The molecule has 0 unspecified atom stereocenters. The number of ether oxygens (including phenoxy) is 1. The van der Waals surface area contributed by atoms with Gasteiger partial charge in [-0.1, -0.05) is 108 Å². The molecular formula is C38H53BrN2O3. The highest BCUT2D eigenvalue weighted by Gasteiger charge is 2.17. The summed E-state index contributed by atoms with van der Waals surface area (Å²) < 4.78 is 8.34. The maximum Gasteiger partial charge on any atom is 0.228 e. The van der Waals surface area contributed by atoms with Crippen LogP contribution in [0.25, 0.3) is 0 Å². The van der Waals surface area contributed by atoms with Crippen LogP contribution in [0.5, 0.6) is 5.75 Å². The zero-order valence-electron chi connectivity index (χ0n) is 27.4. The normalized spacial score (nSPS) is 10.7. The molecule has 0 aliphatic carbocycles. The van der Waals surface area contributed by atoms with Gasteiger partial charge in [0.05, 0.1) is 24.3 Å². The number of para-hydroxylation sites is 2. The van der Waals surface area contributed by atoms with Gasteiger partial charge in [0, 0.05) is 22.3 Å². The number of unbranched alkanes of at least 4 members (excludes halogenated alkanes) is 11. The quantitative estimate of drug-likeness (QED) is 0.0901. The molecule has 0 saturated heterocycles. The Labute approximate surface area is 276 Å². The second-order valence-electron chi connectivity index (χ2n) is 12.0. The molecule has 0 bridgehead atoms. The van der Waals surface area contributed by atoms with Crippen LogP contribution in [0.15, 0.2) is 60.9 Å². The lowest BCUT2D eigenvalue weighted by Gasteiger charge is -2.15. The van der Waals surface area contributed by atoms with E-state index in [4.69, 9.17) is 4.74 Å². The van der Waals surface area contributed by atoms with E-state index in [-0.39, 0.29) is 35.1 Å². The van der Waals surface area contributed by atoms with Gasteiger partial charge in [0.1, 0.15) is 5.75 Å². The lowest BCUT2D eigenvalue weighted by Crippen LogP contribution is -3.00. The first-order valence-electron chi connectivity index (χ1n) is 16.5. The third kappa shape index (κ3) is 13.3. The molecule has 3 rings (SSSR count). The Kier molecular flexibility index (Phi) is 17.6. The Morgan fingerprint density at radius 3 is 1.93 bits per heavy atom. The Bertz CT molecular complexity index is 1290. The lowest BCUT2D eigenvalue weighted by molar-refractivity contribution is -0.688. The molecule has 0 fully saturated rings. The van der Waals surface area contributed by atoms with Crippen molar-refractivity contribution in [2.75, 3.05) is 11.9 Å². The fraction of sp³-hybridized carbons (Fsp3) is 0.500. The molecule has 0 radical (unpaired) electrons. The third-order valence-corrected chi connectivity index (χ3v) is 7.91. The number of benzene rings is 2. The van der Waals surface area contributed by atoms with Crippen LogP contribution in [-0.4, -0.2) is 18.3 Å². The minimum Gasteiger partial charge on any atom is -1.00 e. The molecule has 44 heavy (non-hydrogen) atoms. The van der Waals surface area contributed by atoms with E-state index >= 15 is 0 Å². The summed E-state index contributed by atoms with van der Waals surface area (Å²) in [6.07, 6.45) is 19.7. The van der Waals surface area contributed by atoms with Gasteiger partial charge in [0.2, 0.25) is 5.91 Å². The van der Waals surface area contributed by atoms with Crippen LogP contribution in [0.2, 0.25) is 0 Å². The number of rotatable bonds is 20. The van der Waals surface area contributed by atoms with Crippen molar-refractivity contribution in [2.24, 2.45) is 0 Å². The van der Waals surface area contributed by atoms with E-state index in [1.165, 1.54) is 75.3 Å². The molecule has 0 atom stereocenters. The number of anilines is 1. The summed E-state index contributed by atoms with van der Waals surface area (Å²) in [7, 11) is 0. The van der Waals surface area contributed by atoms with Crippen molar-refractivity contribution in [1.82, 2.24) is 0 Å². The van der Waals surface area contributed by atoms with Crippen molar-refractivity contribution in [3.05, 3.63) is 88.7 Å². The number of aromatic nitrogens is 1. The number of halogens is 1. The first-order chi connectivity index (χ1) is 20.9. The highest BCUT2D eigenvalue weighted by Crippen LogP contribution is 2.27. The van der Waals surface area contributed by atoms with E-state index in [2.05, 4.69) is 49.1 Å². The molecule has 1 heterocycles. The predicted octanol–water partition coefficient (Wildman–Crippen LogP) is 6.11. The summed E-state index contributed by atoms with van der Waals surface area (Å²) in [5, 5.41) is 3.11. The molecule has 1 amide bonds. The minimum absolute atomic E-state index is 0. The predicted molar refractivity (Wildman–Crippen MR) is 177 cm³/mol. The Balaban J connectivity index is 0.00000675. The Hall–Kier alpha value is -2.99. The van der Waals surface area contributed by atoms with E-state index < -0.39 is 0 Å². The average molecular weight is 666 g/mol. The average Bonchev–Trinajstić information content (AvgIpc) is 2.96. The first kappa shape index (κ1) is 37.2. The van der Waals surface area contributed by atoms with Crippen LogP contribution in [0, 0.1) is 13.8 Å². The number of Topliss-reactive ketones (excluding diaryl/α,β-unsaturated/α-hetero) is 1. The van der Waals surface area contributed by atoms with Crippen molar-refractivity contribution in [1.29, 1.82) is 0 Å². The summed E-state index contributed by atoms with van der Waals surface area (Å²) >= 11 is 0. The van der Waals surface area contributed by atoms with Gasteiger partial charge in [-0.2, -0.15) is 0 Å². The monoisotopic (exact) mass is 664 g/mol. The van der Waals surface area contributed by atoms with Crippen LogP contribution >= 0.6 is 0 Å². The number of carbonyl (C=O) groups excluding carboxylic acids is 2. The first-order valence-corrected chi connectivity index (χ1v) is 16.5. The second-order valence-corrected chi connectivity index (χ2v) is 12.0. The minimum atomic E-state index is -0.131. The van der Waals surface area contributed by atoms with E-state index in [0.29, 0.717) is 24.5 Å². The number of aryl methyl sites for hydroxylation is 2. The highest BCUT2D eigenvalue weighted by atomic mass is 79.9. The number of amides is 1. The molecule has 0 aliphatic heterocycles. The summed E-state index contributed by atoms with van der Waals surface area (Å²) in [6.45, 7) is 9.20. The lowest BCUT2D eigenvalue weighted by atomic mass is 10.0. The van der Waals surface area contributed by atoms with Crippen LogP contribution < -0.4 is 31.6 Å². The van der Waals surface area contributed by atoms with Gasteiger partial charge in [0.15, 0.2) is 24.7 Å². The smallest absolute Gasteiger partial charge is 0.228 e. The molecule has 1 aromatic heterocycles. The largest absolute Gasteiger partial charge is 1.00 e. The zero-order valence-corrected chi connectivity index (χ0v) is 29.0. The Morgan fingerprint density at radius 2 is 1.32 bits per heavy atom. The molecule has 0 saturated carbocycles. The van der Waals surface area contributed by atoms with Crippen molar-refractivity contribution in [2.45, 2.75) is 118 Å². The maximum atomic E-state index is 13.3. The van der Waals surface area contributed by atoms with E-state index in [0.717, 1.165) is 29.7 Å². The SMILES string of the molecule is CCCCCCCCCCCCCCOc1c(CC(=O)Nc2ccccc2C[n+]2cc(C)cc(C)c2)cccc1C(C)=O.[Br-]. The fourth-order valence-corrected chi connectivity index (χ4v) is 5.72. The van der Waals surface area contributed by atoms with Gasteiger partial charge in [-0.15, -0.1) is 0 Å². The molecule has 6 heteroatoms. The van der Waals surface area contributed by atoms with E-state index in [1.807, 2.05) is 36.4 Å². The van der Waals surface area contributed by atoms with Crippen LogP contribution in [0.4, 0.5) is 5.69 Å². The van der Waals surface area contributed by atoms with Gasteiger partial charge in [0.25, 0.3) is 0 Å². The van der Waals surface area contributed by atoms with Gasteiger partial charge in [-0.05, 0) is 45.4 Å². The number of pyridine rings is 1. The molecular weight excluding hydrogens is 612 g/mol. The number of hydrogen-bond acceptors (Lipinski definition) is 3. The van der Waals surface area contributed by atoms with Gasteiger partial charge >= 0.3 is 0 Å². The van der Waals surface area contributed by atoms with Crippen molar-refractivity contribution < 1.29 is 35.9 Å². The number of ketones is 1. The topological polar surface area (TPSA) is 59.3 Å². The number of nitrogens with zero attached hydrogens (tertiary/aromatic N) is 1. The molecule has 5 nitrogen and oxygen atoms in total. The van der Waals surface area contributed by atoms with Gasteiger partial charge < -0.3 is 27.0 Å². The Morgan fingerprint density at radius 1 is 0.750 bits per heavy atom. The van der Waals surface area contributed by atoms with Crippen LogP contribution in [-0.2, 0) is 17.8 Å². The number of hydrogen-bond donors (Lipinski definition) is 1. The molecule has 3 aromatic rings. The zero-order chi connectivity index (χ0) is 30.9.